The van der Waals surface area contributed by atoms with Gasteiger partial charge in [0.2, 0.25) is 5.91 Å². The van der Waals surface area contributed by atoms with E-state index >= 15 is 0 Å². The van der Waals surface area contributed by atoms with Gasteiger partial charge < -0.3 is 45.6 Å². The standard InChI is InChI=1S/C17H28N4O15P2/c1-6-10(18)13(25)11(19-7(2)22)16(33-6)35-38(30,31)36-37(28,29)32-5-8-12(24)14(26)15(34-8)21-4-3-9(23)20-17(21)27/h3-4,6,8,10-16,24-26H,5,18H2,1-2H3,(H,19,22)(H,28,29)(H,30,31)(H,20,23,27)/t6-,8+,10-,11+,12+,13-,14+,15+,16+/m0/s1. The maximum Gasteiger partial charge on any atom is 0.483 e. The molecule has 21 heteroatoms. The molecule has 3 heterocycles. The third kappa shape index (κ3) is 7.22. The maximum absolute atomic E-state index is 12.4. The van der Waals surface area contributed by atoms with Crippen LogP contribution < -0.4 is 22.3 Å². The maximum atomic E-state index is 12.4. The van der Waals surface area contributed by atoms with Gasteiger partial charge in [0.1, 0.15) is 24.4 Å². The van der Waals surface area contributed by atoms with E-state index in [1.54, 1.807) is 0 Å². The first-order chi connectivity index (χ1) is 17.5. The number of phosphoric acid groups is 2. The molecule has 0 bridgehead atoms. The fraction of sp³-hybridized carbons (Fsp3) is 0.706. The molecule has 38 heavy (non-hydrogen) atoms. The number of rotatable bonds is 9. The van der Waals surface area contributed by atoms with Gasteiger partial charge in [-0.15, -0.1) is 0 Å². The predicted molar refractivity (Wildman–Crippen MR) is 121 cm³/mol. The fourth-order valence-electron chi connectivity index (χ4n) is 3.74. The molecule has 216 valence electrons. The normalized spacial score (nSPS) is 36.8. The minimum atomic E-state index is -5.49. The number of aliphatic hydroxyl groups is 3. The van der Waals surface area contributed by atoms with E-state index in [4.69, 9.17) is 19.7 Å². The summed E-state index contributed by atoms with van der Waals surface area (Å²) in [5, 5.41) is 32.9. The highest BCUT2D eigenvalue weighted by atomic mass is 31.3. The molecule has 0 spiro atoms. The lowest BCUT2D eigenvalue weighted by Crippen LogP contribution is -2.65. The van der Waals surface area contributed by atoms with Crippen molar-refractivity contribution in [1.29, 1.82) is 0 Å². The van der Waals surface area contributed by atoms with Gasteiger partial charge >= 0.3 is 21.3 Å². The molecular formula is C17H28N4O15P2. The number of H-pyrrole nitrogens is 1. The lowest BCUT2D eigenvalue weighted by molar-refractivity contribution is -0.203. The molecule has 1 amide bonds. The monoisotopic (exact) mass is 590 g/mol. The minimum Gasteiger partial charge on any atom is -0.389 e. The van der Waals surface area contributed by atoms with Crippen molar-refractivity contribution in [1.82, 2.24) is 14.9 Å². The van der Waals surface area contributed by atoms with E-state index in [0.29, 0.717) is 0 Å². The van der Waals surface area contributed by atoms with E-state index in [1.165, 1.54) is 6.92 Å². The molecule has 0 aromatic carbocycles. The summed E-state index contributed by atoms with van der Waals surface area (Å²) in [6.45, 7) is 1.49. The molecule has 19 nitrogen and oxygen atoms in total. The molecule has 1 aromatic rings. The summed E-state index contributed by atoms with van der Waals surface area (Å²) >= 11 is 0. The first-order valence-electron chi connectivity index (χ1n) is 10.9. The van der Waals surface area contributed by atoms with Gasteiger partial charge in [-0.2, -0.15) is 4.31 Å². The summed E-state index contributed by atoms with van der Waals surface area (Å²) in [4.78, 5) is 56.5. The van der Waals surface area contributed by atoms with E-state index < -0.39 is 94.5 Å². The number of amides is 1. The highest BCUT2D eigenvalue weighted by Crippen LogP contribution is 2.61. The zero-order valence-electron chi connectivity index (χ0n) is 19.8. The van der Waals surface area contributed by atoms with Crippen molar-refractivity contribution >= 4 is 21.6 Å². The highest BCUT2D eigenvalue weighted by Gasteiger charge is 2.49. The second kappa shape index (κ2) is 11.7. The van der Waals surface area contributed by atoms with Gasteiger partial charge in [0.15, 0.2) is 12.5 Å². The van der Waals surface area contributed by atoms with Crippen molar-refractivity contribution in [2.45, 2.75) is 69.0 Å². The Bertz CT molecular complexity index is 1220. The molecule has 2 aliphatic heterocycles. The Balaban J connectivity index is 1.64. The van der Waals surface area contributed by atoms with Gasteiger partial charge in [-0.05, 0) is 6.92 Å². The van der Waals surface area contributed by atoms with E-state index in [0.717, 1.165) is 23.8 Å². The number of nitrogens with zero attached hydrogens (tertiary/aromatic N) is 1. The molecule has 11 atom stereocenters. The Kier molecular flexibility index (Phi) is 9.48. The molecule has 0 radical (unpaired) electrons. The first-order valence-corrected chi connectivity index (χ1v) is 13.9. The molecule has 0 saturated carbocycles. The molecular weight excluding hydrogens is 562 g/mol. The number of phosphoric ester groups is 2. The third-order valence-electron chi connectivity index (χ3n) is 5.62. The Labute approximate surface area is 213 Å². The van der Waals surface area contributed by atoms with Crippen LogP contribution in [0.1, 0.15) is 20.1 Å². The van der Waals surface area contributed by atoms with Crippen LogP contribution in [0.15, 0.2) is 21.9 Å². The number of nitrogens with two attached hydrogens (primary N) is 1. The lowest BCUT2D eigenvalue weighted by Gasteiger charge is -2.42. The van der Waals surface area contributed by atoms with Crippen LogP contribution in [0, 0.1) is 0 Å². The number of carbonyl (C=O) groups excluding carboxylic acids is 1. The molecule has 9 N–H and O–H groups in total. The average Bonchev–Trinajstić information content (AvgIpc) is 3.06. The predicted octanol–water partition coefficient (Wildman–Crippen LogP) is -3.66. The minimum absolute atomic E-state index is 0.683. The number of carbonyl (C=O) groups is 1. The number of aliphatic hydroxyl groups excluding tert-OH is 3. The molecule has 3 rings (SSSR count). The van der Waals surface area contributed by atoms with Crippen LogP contribution in [0.4, 0.5) is 0 Å². The summed E-state index contributed by atoms with van der Waals surface area (Å²) < 4.78 is 49.7. The van der Waals surface area contributed by atoms with E-state index in [1.807, 2.05) is 4.98 Å². The van der Waals surface area contributed by atoms with Crippen molar-refractivity contribution in [2.75, 3.05) is 6.61 Å². The SMILES string of the molecule is CC(=O)N[C@H]1[C@@H](OP(=O)(O)OP(=O)(O)OC[C@H]2O[C@@H](n3ccc(=O)[nH]c3=O)[C@H](O)[C@@H]2O)O[C@@H](C)[C@H](N)[C@@H]1O. The Morgan fingerprint density at radius 2 is 1.82 bits per heavy atom. The largest absolute Gasteiger partial charge is 0.483 e. The number of aromatic amines is 1. The summed E-state index contributed by atoms with van der Waals surface area (Å²) in [7, 11) is -10.9. The van der Waals surface area contributed by atoms with Crippen molar-refractivity contribution in [3.63, 3.8) is 0 Å². The van der Waals surface area contributed by atoms with Crippen LogP contribution in [0.2, 0.25) is 0 Å². The summed E-state index contributed by atoms with van der Waals surface area (Å²) in [6, 6.07) is -1.54. The molecule has 2 aliphatic rings. The Morgan fingerprint density at radius 3 is 2.42 bits per heavy atom. The molecule has 0 aliphatic carbocycles. The Morgan fingerprint density at radius 1 is 1.16 bits per heavy atom. The number of ether oxygens (including phenoxy) is 2. The second-order valence-electron chi connectivity index (χ2n) is 8.49. The highest BCUT2D eigenvalue weighted by molar-refractivity contribution is 7.61. The fourth-order valence-corrected chi connectivity index (χ4v) is 5.90. The summed E-state index contributed by atoms with van der Waals surface area (Å²) in [5.41, 5.74) is 4.05. The van der Waals surface area contributed by atoms with Gasteiger partial charge in [-0.3, -0.25) is 28.2 Å². The van der Waals surface area contributed by atoms with Gasteiger partial charge in [0, 0.05) is 19.2 Å². The van der Waals surface area contributed by atoms with Crippen molar-refractivity contribution in [2.24, 2.45) is 5.73 Å². The molecule has 2 fully saturated rings. The number of aromatic nitrogens is 2. The second-order valence-corrected chi connectivity index (χ2v) is 11.5. The zero-order chi connectivity index (χ0) is 28.6. The average molecular weight is 590 g/mol. The van der Waals surface area contributed by atoms with Crippen LogP contribution in [-0.2, 0) is 36.8 Å². The van der Waals surface area contributed by atoms with Gasteiger partial charge in [0.25, 0.3) is 5.56 Å². The molecule has 1 aromatic heterocycles. The van der Waals surface area contributed by atoms with E-state index in [2.05, 4.69) is 14.2 Å². The quantitative estimate of drug-likeness (QED) is 0.129. The zero-order valence-corrected chi connectivity index (χ0v) is 21.6. The Hall–Kier alpha value is -1.83. The van der Waals surface area contributed by atoms with Crippen LogP contribution in [0.5, 0.6) is 0 Å². The van der Waals surface area contributed by atoms with Gasteiger partial charge in [-0.1, -0.05) is 0 Å². The van der Waals surface area contributed by atoms with Gasteiger partial charge in [-0.25, -0.2) is 13.9 Å². The van der Waals surface area contributed by atoms with Crippen LogP contribution in [0.3, 0.4) is 0 Å². The van der Waals surface area contributed by atoms with Crippen LogP contribution >= 0.6 is 15.6 Å². The van der Waals surface area contributed by atoms with Crippen LogP contribution in [-0.4, -0.2) is 96.1 Å². The van der Waals surface area contributed by atoms with Crippen molar-refractivity contribution in [3.8, 4) is 0 Å². The lowest BCUT2D eigenvalue weighted by atomic mass is 9.96. The third-order valence-corrected chi connectivity index (χ3v) is 8.22. The smallest absolute Gasteiger partial charge is 0.389 e. The van der Waals surface area contributed by atoms with E-state index in [9.17, 15) is 48.6 Å². The number of hydrogen-bond donors (Lipinski definition) is 8. The summed E-state index contributed by atoms with van der Waals surface area (Å²) in [6.07, 6.45) is -9.87. The van der Waals surface area contributed by atoms with Crippen LogP contribution in [0.25, 0.3) is 0 Å². The van der Waals surface area contributed by atoms with E-state index in [-0.39, 0.29) is 0 Å². The first kappa shape index (κ1) is 30.7. The summed E-state index contributed by atoms with van der Waals surface area (Å²) in [5.74, 6) is -0.683. The van der Waals surface area contributed by atoms with Crippen molar-refractivity contribution in [3.05, 3.63) is 33.1 Å². The van der Waals surface area contributed by atoms with Crippen molar-refractivity contribution < 1.29 is 61.9 Å². The topological polar surface area (TPSA) is 291 Å². The van der Waals surface area contributed by atoms with Gasteiger partial charge in [0.05, 0.1) is 24.9 Å². The molecule has 2 saturated heterocycles. The number of hydrogen-bond acceptors (Lipinski definition) is 14. The number of nitrogens with one attached hydrogen (secondary N) is 2. The molecule has 2 unspecified atom stereocenters.